The molecule has 0 spiro atoms. The summed E-state index contributed by atoms with van der Waals surface area (Å²) in [5.41, 5.74) is 2.14. The van der Waals surface area contributed by atoms with Crippen molar-refractivity contribution in [2.24, 2.45) is 0 Å². The van der Waals surface area contributed by atoms with E-state index in [4.69, 9.17) is 4.74 Å². The van der Waals surface area contributed by atoms with Gasteiger partial charge >= 0.3 is 0 Å². The maximum Gasteiger partial charge on any atom is 0.183 e. The fourth-order valence-corrected chi connectivity index (χ4v) is 2.37. The average Bonchev–Trinajstić information content (AvgIpc) is 2.86. The number of rotatable bonds is 6. The highest BCUT2D eigenvalue weighted by Crippen LogP contribution is 2.26. The minimum absolute atomic E-state index is 0.764. The highest BCUT2D eigenvalue weighted by molar-refractivity contribution is 7.14. The number of benzene rings is 1. The smallest absolute Gasteiger partial charge is 0.183 e. The largest absolute Gasteiger partial charge is 0.494 e. The molecule has 0 aliphatic rings. The summed E-state index contributed by atoms with van der Waals surface area (Å²) in [6, 6.07) is 8.10. The van der Waals surface area contributed by atoms with E-state index in [1.54, 1.807) is 11.3 Å². The summed E-state index contributed by atoms with van der Waals surface area (Å²) in [6.07, 6.45) is 1.03. The van der Waals surface area contributed by atoms with Crippen molar-refractivity contribution in [2.75, 3.05) is 18.5 Å². The molecule has 18 heavy (non-hydrogen) atoms. The molecule has 1 aromatic carbocycles. The molecule has 0 aliphatic carbocycles. The van der Waals surface area contributed by atoms with Crippen LogP contribution >= 0.6 is 11.3 Å². The van der Waals surface area contributed by atoms with Gasteiger partial charge in [0.25, 0.3) is 0 Å². The zero-order valence-electron chi connectivity index (χ0n) is 10.8. The summed E-state index contributed by atoms with van der Waals surface area (Å²) in [5, 5.41) is 6.26. The van der Waals surface area contributed by atoms with E-state index < -0.39 is 0 Å². The van der Waals surface area contributed by atoms with Crippen molar-refractivity contribution in [1.82, 2.24) is 4.98 Å². The quantitative estimate of drug-likeness (QED) is 0.853. The Morgan fingerprint density at radius 2 is 2.00 bits per heavy atom. The van der Waals surface area contributed by atoms with Crippen molar-refractivity contribution < 1.29 is 4.74 Å². The Hall–Kier alpha value is -1.55. The first-order valence-corrected chi connectivity index (χ1v) is 7.14. The van der Waals surface area contributed by atoms with Crippen molar-refractivity contribution in [3.05, 3.63) is 29.6 Å². The molecule has 0 unspecified atom stereocenters. The fraction of sp³-hybridized carbons (Fsp3) is 0.357. The highest BCUT2D eigenvalue weighted by Gasteiger charge is 2.04. The maximum atomic E-state index is 5.56. The molecule has 0 bridgehead atoms. The van der Waals surface area contributed by atoms with Gasteiger partial charge in [0.05, 0.1) is 12.3 Å². The predicted molar refractivity (Wildman–Crippen MR) is 77.5 cm³/mol. The lowest BCUT2D eigenvalue weighted by Gasteiger charge is -2.04. The molecule has 0 fully saturated rings. The summed E-state index contributed by atoms with van der Waals surface area (Å²) < 4.78 is 5.56. The van der Waals surface area contributed by atoms with Gasteiger partial charge < -0.3 is 10.1 Å². The van der Waals surface area contributed by atoms with Crippen LogP contribution in [0.1, 0.15) is 20.3 Å². The molecule has 1 aromatic heterocycles. The van der Waals surface area contributed by atoms with Crippen LogP contribution in [-0.2, 0) is 0 Å². The van der Waals surface area contributed by atoms with Crippen LogP contribution in [0.2, 0.25) is 0 Å². The van der Waals surface area contributed by atoms with Crippen LogP contribution in [0.5, 0.6) is 5.75 Å². The van der Waals surface area contributed by atoms with E-state index in [9.17, 15) is 0 Å². The van der Waals surface area contributed by atoms with E-state index in [-0.39, 0.29) is 0 Å². The maximum absolute atomic E-state index is 5.56. The van der Waals surface area contributed by atoms with E-state index in [1.165, 1.54) is 0 Å². The summed E-state index contributed by atoms with van der Waals surface area (Å²) >= 11 is 1.63. The zero-order chi connectivity index (χ0) is 12.8. The molecule has 0 aliphatic heterocycles. The van der Waals surface area contributed by atoms with Crippen LogP contribution in [0.4, 0.5) is 5.13 Å². The number of nitrogens with one attached hydrogen (secondary N) is 1. The number of thiazole rings is 1. The predicted octanol–water partition coefficient (Wildman–Crippen LogP) is 4.03. The second-order valence-electron chi connectivity index (χ2n) is 3.94. The third-order valence-corrected chi connectivity index (χ3v) is 3.26. The third kappa shape index (κ3) is 3.23. The van der Waals surface area contributed by atoms with E-state index >= 15 is 0 Å². The zero-order valence-corrected chi connectivity index (χ0v) is 11.6. The first-order valence-electron chi connectivity index (χ1n) is 6.26. The summed E-state index contributed by atoms with van der Waals surface area (Å²) in [4.78, 5) is 4.53. The van der Waals surface area contributed by atoms with Gasteiger partial charge in [-0.2, -0.15) is 0 Å². The lowest BCUT2D eigenvalue weighted by molar-refractivity contribution is 0.317. The van der Waals surface area contributed by atoms with Crippen LogP contribution in [-0.4, -0.2) is 18.1 Å². The summed E-state index contributed by atoms with van der Waals surface area (Å²) in [5.74, 6) is 0.919. The van der Waals surface area contributed by atoms with Crippen molar-refractivity contribution in [3.63, 3.8) is 0 Å². The standard InChI is InChI=1S/C14H18N2OS/c1-3-9-17-12-7-5-11(6-8-12)13-10-18-14(16-13)15-4-2/h5-8,10H,3-4,9H2,1-2H3,(H,15,16). The first kappa shape index (κ1) is 12.9. The SMILES string of the molecule is CCCOc1ccc(-c2csc(NCC)n2)cc1. The van der Waals surface area contributed by atoms with E-state index in [0.717, 1.165) is 41.7 Å². The minimum Gasteiger partial charge on any atom is -0.494 e. The van der Waals surface area contributed by atoms with Crippen LogP contribution < -0.4 is 10.1 Å². The second-order valence-corrected chi connectivity index (χ2v) is 4.80. The van der Waals surface area contributed by atoms with E-state index in [0.29, 0.717) is 0 Å². The Kier molecular flexibility index (Phi) is 4.59. The van der Waals surface area contributed by atoms with Gasteiger partial charge in [-0.05, 0) is 37.6 Å². The number of anilines is 1. The van der Waals surface area contributed by atoms with Crippen LogP contribution in [0.25, 0.3) is 11.3 Å². The van der Waals surface area contributed by atoms with E-state index in [1.807, 2.05) is 12.1 Å². The van der Waals surface area contributed by atoms with Gasteiger partial charge in [-0.1, -0.05) is 6.92 Å². The number of aromatic nitrogens is 1. The van der Waals surface area contributed by atoms with Gasteiger partial charge in [-0.3, -0.25) is 0 Å². The normalized spacial score (nSPS) is 10.3. The lowest BCUT2D eigenvalue weighted by Crippen LogP contribution is -1.95. The Morgan fingerprint density at radius 1 is 1.22 bits per heavy atom. The van der Waals surface area contributed by atoms with E-state index in [2.05, 4.69) is 41.7 Å². The molecule has 0 radical (unpaired) electrons. The molecule has 3 nitrogen and oxygen atoms in total. The fourth-order valence-electron chi connectivity index (χ4n) is 1.58. The Balaban J connectivity index is 2.07. The first-order chi connectivity index (χ1) is 8.83. The third-order valence-electron chi connectivity index (χ3n) is 2.46. The molecular formula is C14H18N2OS. The Bertz CT molecular complexity index is 479. The molecular weight excluding hydrogens is 244 g/mol. The average molecular weight is 262 g/mol. The van der Waals surface area contributed by atoms with Crippen molar-refractivity contribution >= 4 is 16.5 Å². The molecule has 2 rings (SSSR count). The molecule has 0 saturated carbocycles. The molecule has 0 saturated heterocycles. The highest BCUT2D eigenvalue weighted by atomic mass is 32.1. The van der Waals surface area contributed by atoms with Crippen molar-refractivity contribution in [2.45, 2.75) is 20.3 Å². The number of hydrogen-bond donors (Lipinski definition) is 1. The summed E-state index contributed by atoms with van der Waals surface area (Å²) in [7, 11) is 0. The van der Waals surface area contributed by atoms with Gasteiger partial charge in [0.1, 0.15) is 5.75 Å². The molecule has 0 atom stereocenters. The molecule has 1 N–H and O–H groups in total. The molecule has 1 heterocycles. The monoisotopic (exact) mass is 262 g/mol. The van der Waals surface area contributed by atoms with Crippen molar-refractivity contribution in [3.8, 4) is 17.0 Å². The van der Waals surface area contributed by atoms with Crippen molar-refractivity contribution in [1.29, 1.82) is 0 Å². The minimum atomic E-state index is 0.764. The van der Waals surface area contributed by atoms with Crippen LogP contribution in [0, 0.1) is 0 Å². The second kappa shape index (κ2) is 6.40. The number of nitrogens with zero attached hydrogens (tertiary/aromatic N) is 1. The topological polar surface area (TPSA) is 34.1 Å². The molecule has 2 aromatic rings. The Labute approximate surface area is 112 Å². The van der Waals surface area contributed by atoms with Crippen LogP contribution in [0.3, 0.4) is 0 Å². The molecule has 0 amide bonds. The lowest BCUT2D eigenvalue weighted by atomic mass is 10.2. The Morgan fingerprint density at radius 3 is 2.67 bits per heavy atom. The number of ether oxygens (including phenoxy) is 1. The summed E-state index contributed by atoms with van der Waals surface area (Å²) in [6.45, 7) is 5.84. The van der Waals surface area contributed by atoms with Gasteiger partial charge in [-0.15, -0.1) is 11.3 Å². The van der Waals surface area contributed by atoms with Gasteiger partial charge in [0.15, 0.2) is 5.13 Å². The molecule has 96 valence electrons. The number of hydrogen-bond acceptors (Lipinski definition) is 4. The molecule has 4 heteroatoms. The van der Waals surface area contributed by atoms with Crippen LogP contribution in [0.15, 0.2) is 29.6 Å². The van der Waals surface area contributed by atoms with Gasteiger partial charge in [-0.25, -0.2) is 4.98 Å². The van der Waals surface area contributed by atoms with Gasteiger partial charge in [0.2, 0.25) is 0 Å². The van der Waals surface area contributed by atoms with Gasteiger partial charge in [0, 0.05) is 17.5 Å².